The molecule has 13 heavy (non-hydrogen) atoms. The summed E-state index contributed by atoms with van der Waals surface area (Å²) in [4.78, 5) is 0. The minimum absolute atomic E-state index is 0.561. The largest absolute Gasteiger partial charge is 0.481 e. The molecule has 0 saturated carbocycles. The van der Waals surface area contributed by atoms with Gasteiger partial charge in [0.2, 0.25) is 5.88 Å². The predicted octanol–water partition coefficient (Wildman–Crippen LogP) is 1.58. The highest BCUT2D eigenvalue weighted by atomic mass is 35.5. The van der Waals surface area contributed by atoms with Gasteiger partial charge in [0.05, 0.1) is 23.8 Å². The molecule has 2 heterocycles. The van der Waals surface area contributed by atoms with E-state index in [1.165, 1.54) is 0 Å². The van der Waals surface area contributed by atoms with E-state index in [-0.39, 0.29) is 0 Å². The SMILES string of the molecule is COc1cc(N)cc2c(Cl)cnn12. The van der Waals surface area contributed by atoms with Crippen molar-refractivity contribution in [3.8, 4) is 5.88 Å². The number of methoxy groups -OCH3 is 1. The van der Waals surface area contributed by atoms with Gasteiger partial charge in [0.15, 0.2) is 0 Å². The Hall–Kier alpha value is -1.42. The van der Waals surface area contributed by atoms with Crippen molar-refractivity contribution in [1.29, 1.82) is 0 Å². The Kier molecular flexibility index (Phi) is 1.77. The molecule has 0 amide bonds. The number of fused-ring (bicyclic) bond motifs is 1. The van der Waals surface area contributed by atoms with Crippen molar-refractivity contribution in [3.05, 3.63) is 23.4 Å². The predicted molar refractivity (Wildman–Crippen MR) is 51.2 cm³/mol. The topological polar surface area (TPSA) is 52.5 Å². The van der Waals surface area contributed by atoms with E-state index < -0.39 is 0 Å². The van der Waals surface area contributed by atoms with Crippen LogP contribution in [0.5, 0.6) is 5.88 Å². The van der Waals surface area contributed by atoms with Crippen molar-refractivity contribution < 1.29 is 4.74 Å². The second-order valence-corrected chi connectivity index (χ2v) is 3.03. The fourth-order valence-electron chi connectivity index (χ4n) is 1.19. The van der Waals surface area contributed by atoms with Crippen LogP contribution in [0.2, 0.25) is 5.02 Å². The van der Waals surface area contributed by atoms with E-state index in [0.717, 1.165) is 5.52 Å². The molecule has 0 bridgehead atoms. The van der Waals surface area contributed by atoms with Crippen LogP contribution in [0.15, 0.2) is 18.3 Å². The summed E-state index contributed by atoms with van der Waals surface area (Å²) in [6, 6.07) is 3.44. The molecule has 0 atom stereocenters. The van der Waals surface area contributed by atoms with E-state index in [1.807, 2.05) is 0 Å². The molecule has 0 aliphatic heterocycles. The average molecular weight is 198 g/mol. The molecule has 0 aliphatic carbocycles. The number of hydrogen-bond acceptors (Lipinski definition) is 3. The Bertz CT molecular complexity index is 452. The van der Waals surface area contributed by atoms with E-state index in [9.17, 15) is 0 Å². The normalized spacial score (nSPS) is 10.6. The zero-order valence-corrected chi connectivity index (χ0v) is 7.75. The van der Waals surface area contributed by atoms with E-state index in [0.29, 0.717) is 16.6 Å². The molecule has 2 aromatic rings. The van der Waals surface area contributed by atoms with Crippen LogP contribution in [0.3, 0.4) is 0 Å². The molecule has 2 aromatic heterocycles. The first kappa shape index (κ1) is 8.19. The highest BCUT2D eigenvalue weighted by Crippen LogP contribution is 2.24. The number of ether oxygens (including phenoxy) is 1. The van der Waals surface area contributed by atoms with Crippen molar-refractivity contribution in [2.24, 2.45) is 0 Å². The zero-order valence-electron chi connectivity index (χ0n) is 6.99. The summed E-state index contributed by atoms with van der Waals surface area (Å²) in [6.45, 7) is 0. The molecular formula is C8H8ClN3O. The highest BCUT2D eigenvalue weighted by Gasteiger charge is 2.06. The fraction of sp³-hybridized carbons (Fsp3) is 0.125. The van der Waals surface area contributed by atoms with Crippen molar-refractivity contribution in [3.63, 3.8) is 0 Å². The molecule has 0 unspecified atom stereocenters. The molecule has 0 aliphatic rings. The molecule has 0 radical (unpaired) electrons. The van der Waals surface area contributed by atoms with Gasteiger partial charge in [0.25, 0.3) is 0 Å². The average Bonchev–Trinajstić information content (AvgIpc) is 2.47. The van der Waals surface area contributed by atoms with Gasteiger partial charge in [-0.1, -0.05) is 11.6 Å². The number of nitrogens with two attached hydrogens (primary N) is 1. The van der Waals surface area contributed by atoms with E-state index in [1.54, 1.807) is 30.0 Å². The Morgan fingerprint density at radius 3 is 3.00 bits per heavy atom. The third-order valence-corrected chi connectivity index (χ3v) is 2.06. The second kappa shape index (κ2) is 2.81. The summed E-state index contributed by atoms with van der Waals surface area (Å²) in [5.41, 5.74) is 7.00. The van der Waals surface area contributed by atoms with Crippen LogP contribution in [-0.4, -0.2) is 16.7 Å². The molecule has 2 N–H and O–H groups in total. The molecule has 0 aromatic carbocycles. The Morgan fingerprint density at radius 2 is 2.31 bits per heavy atom. The lowest BCUT2D eigenvalue weighted by molar-refractivity contribution is 0.386. The van der Waals surface area contributed by atoms with Crippen LogP contribution in [0.25, 0.3) is 5.52 Å². The molecule has 0 saturated heterocycles. The Balaban J connectivity index is 2.84. The summed E-state index contributed by atoms with van der Waals surface area (Å²) in [6.07, 6.45) is 1.55. The number of hydrogen-bond donors (Lipinski definition) is 1. The van der Waals surface area contributed by atoms with Crippen molar-refractivity contribution in [1.82, 2.24) is 9.61 Å². The number of nitrogen functional groups attached to an aromatic ring is 1. The summed E-state index contributed by atoms with van der Waals surface area (Å²) in [5.74, 6) is 0.571. The van der Waals surface area contributed by atoms with Gasteiger partial charge in [0.1, 0.15) is 0 Å². The summed E-state index contributed by atoms with van der Waals surface area (Å²) in [5, 5.41) is 4.60. The van der Waals surface area contributed by atoms with Crippen LogP contribution < -0.4 is 10.5 Å². The van der Waals surface area contributed by atoms with E-state index >= 15 is 0 Å². The lowest BCUT2D eigenvalue weighted by Gasteiger charge is -2.03. The van der Waals surface area contributed by atoms with Gasteiger partial charge in [-0.15, -0.1) is 0 Å². The van der Waals surface area contributed by atoms with Crippen LogP contribution in [0.1, 0.15) is 0 Å². The summed E-state index contributed by atoms with van der Waals surface area (Å²) >= 11 is 5.88. The maximum Gasteiger partial charge on any atom is 0.216 e. The van der Waals surface area contributed by atoms with Crippen LogP contribution in [-0.2, 0) is 0 Å². The zero-order chi connectivity index (χ0) is 9.42. The standard InChI is InChI=1S/C8H8ClN3O/c1-13-8-3-5(10)2-7-6(9)4-11-12(7)8/h2-4H,10H2,1H3. The number of anilines is 1. The lowest BCUT2D eigenvalue weighted by atomic mass is 10.3. The van der Waals surface area contributed by atoms with Gasteiger partial charge in [-0.25, -0.2) is 0 Å². The minimum atomic E-state index is 0.561. The van der Waals surface area contributed by atoms with Crippen molar-refractivity contribution >= 4 is 22.8 Å². The Labute approximate surface area is 79.9 Å². The first-order chi connectivity index (χ1) is 6.22. The first-order valence-electron chi connectivity index (χ1n) is 3.69. The number of nitrogens with zero attached hydrogens (tertiary/aromatic N) is 2. The van der Waals surface area contributed by atoms with Gasteiger partial charge < -0.3 is 10.5 Å². The van der Waals surface area contributed by atoms with E-state index in [2.05, 4.69) is 5.10 Å². The number of pyridine rings is 1. The fourth-order valence-corrected chi connectivity index (χ4v) is 1.37. The summed E-state index contributed by atoms with van der Waals surface area (Å²) in [7, 11) is 1.56. The maximum absolute atomic E-state index is 5.88. The summed E-state index contributed by atoms with van der Waals surface area (Å²) < 4.78 is 6.68. The third kappa shape index (κ3) is 1.19. The van der Waals surface area contributed by atoms with Crippen molar-refractivity contribution in [2.75, 3.05) is 12.8 Å². The second-order valence-electron chi connectivity index (χ2n) is 2.62. The highest BCUT2D eigenvalue weighted by molar-refractivity contribution is 6.33. The number of aromatic nitrogens is 2. The molecule has 68 valence electrons. The molecule has 5 heteroatoms. The third-order valence-electron chi connectivity index (χ3n) is 1.77. The van der Waals surface area contributed by atoms with Gasteiger partial charge in [-0.05, 0) is 6.07 Å². The molecule has 4 nitrogen and oxygen atoms in total. The lowest BCUT2D eigenvalue weighted by Crippen LogP contribution is -1.97. The van der Waals surface area contributed by atoms with Gasteiger partial charge in [0, 0.05) is 11.8 Å². The first-order valence-corrected chi connectivity index (χ1v) is 4.07. The molecule has 0 fully saturated rings. The van der Waals surface area contributed by atoms with Crippen LogP contribution >= 0.6 is 11.6 Å². The van der Waals surface area contributed by atoms with E-state index in [4.69, 9.17) is 22.1 Å². The van der Waals surface area contributed by atoms with Crippen LogP contribution in [0.4, 0.5) is 5.69 Å². The van der Waals surface area contributed by atoms with Gasteiger partial charge in [-0.2, -0.15) is 9.61 Å². The number of halogens is 1. The van der Waals surface area contributed by atoms with Crippen molar-refractivity contribution in [2.45, 2.75) is 0 Å². The monoisotopic (exact) mass is 197 g/mol. The Morgan fingerprint density at radius 1 is 1.54 bits per heavy atom. The number of rotatable bonds is 1. The quantitative estimate of drug-likeness (QED) is 0.755. The minimum Gasteiger partial charge on any atom is -0.481 e. The smallest absolute Gasteiger partial charge is 0.216 e. The molecular weight excluding hydrogens is 190 g/mol. The van der Waals surface area contributed by atoms with Gasteiger partial charge >= 0.3 is 0 Å². The van der Waals surface area contributed by atoms with Gasteiger partial charge in [-0.3, -0.25) is 0 Å². The molecule has 0 spiro atoms. The molecule has 2 rings (SSSR count). The maximum atomic E-state index is 5.88. The van der Waals surface area contributed by atoms with Crippen LogP contribution in [0, 0.1) is 0 Å².